The third-order valence-electron chi connectivity index (χ3n) is 2.83. The molecule has 0 aromatic rings. The summed E-state index contributed by atoms with van der Waals surface area (Å²) < 4.78 is 25.6. The molecule has 0 bridgehead atoms. The lowest BCUT2D eigenvalue weighted by molar-refractivity contribution is 0.310. The molecule has 1 fully saturated rings. The fourth-order valence-corrected chi connectivity index (χ4v) is 3.18. The zero-order valence-electron chi connectivity index (χ0n) is 8.70. The van der Waals surface area contributed by atoms with E-state index in [9.17, 15) is 8.42 Å². The first-order valence-electron chi connectivity index (χ1n) is 5.25. The Labute approximate surface area is 86.3 Å². The van der Waals surface area contributed by atoms with E-state index in [1.165, 1.54) is 6.42 Å². The molecule has 1 rings (SSSR count). The maximum absolute atomic E-state index is 11.5. The summed E-state index contributed by atoms with van der Waals surface area (Å²) in [4.78, 5) is 0. The fourth-order valence-electron chi connectivity index (χ4n) is 1.94. The molecule has 4 nitrogen and oxygen atoms in total. The Morgan fingerprint density at radius 2 is 2.00 bits per heavy atom. The summed E-state index contributed by atoms with van der Waals surface area (Å²) in [7, 11) is -3.14. The largest absolute Gasteiger partial charge is 0.329 e. The van der Waals surface area contributed by atoms with Crippen LogP contribution in [0.3, 0.4) is 0 Å². The summed E-state index contributed by atoms with van der Waals surface area (Å²) in [6, 6.07) is 0.125. The van der Waals surface area contributed by atoms with Crippen molar-refractivity contribution in [3.8, 4) is 0 Å². The van der Waals surface area contributed by atoms with Gasteiger partial charge in [-0.15, -0.1) is 0 Å². The van der Waals surface area contributed by atoms with Gasteiger partial charge in [-0.1, -0.05) is 19.8 Å². The van der Waals surface area contributed by atoms with Gasteiger partial charge in [0.2, 0.25) is 10.0 Å². The van der Waals surface area contributed by atoms with Gasteiger partial charge in [-0.25, -0.2) is 13.1 Å². The molecule has 0 amide bonds. The summed E-state index contributed by atoms with van der Waals surface area (Å²) >= 11 is 0. The highest BCUT2D eigenvalue weighted by molar-refractivity contribution is 7.89. The van der Waals surface area contributed by atoms with Crippen molar-refractivity contribution in [3.63, 3.8) is 0 Å². The van der Waals surface area contributed by atoms with Crippen LogP contribution in [-0.2, 0) is 10.0 Å². The van der Waals surface area contributed by atoms with Crippen LogP contribution in [-0.4, -0.2) is 26.8 Å². The Kier molecular flexibility index (Phi) is 4.34. The van der Waals surface area contributed by atoms with Gasteiger partial charge in [0.05, 0.1) is 5.75 Å². The summed E-state index contributed by atoms with van der Waals surface area (Å²) in [6.45, 7) is 2.30. The average molecular weight is 220 g/mol. The fraction of sp³-hybridized carbons (Fsp3) is 1.00. The Bertz CT molecular complexity index is 264. The van der Waals surface area contributed by atoms with Gasteiger partial charge < -0.3 is 5.73 Å². The minimum absolute atomic E-state index is 0.0379. The average Bonchev–Trinajstić information content (AvgIpc) is 2.08. The standard InChI is InChI=1S/C9H20N2O2S/c1-8-4-2-3-5-9(8)11-14(12,13)7-6-10/h8-9,11H,2-7,10H2,1H3. The molecule has 3 N–H and O–H groups in total. The minimum atomic E-state index is -3.14. The highest BCUT2D eigenvalue weighted by Crippen LogP contribution is 2.24. The smallest absolute Gasteiger partial charge is 0.213 e. The maximum Gasteiger partial charge on any atom is 0.213 e. The Balaban J connectivity index is 2.49. The maximum atomic E-state index is 11.5. The Morgan fingerprint density at radius 1 is 1.36 bits per heavy atom. The van der Waals surface area contributed by atoms with E-state index in [0.29, 0.717) is 5.92 Å². The molecule has 1 aliphatic rings. The predicted octanol–water partition coefficient (Wildman–Crippen LogP) is 0.443. The second-order valence-electron chi connectivity index (χ2n) is 4.09. The molecule has 2 unspecified atom stereocenters. The van der Waals surface area contributed by atoms with Gasteiger partial charge in [0.1, 0.15) is 0 Å². The van der Waals surface area contributed by atoms with Gasteiger partial charge in [-0.3, -0.25) is 0 Å². The van der Waals surface area contributed by atoms with Crippen LogP contribution in [0, 0.1) is 5.92 Å². The van der Waals surface area contributed by atoms with Crippen molar-refractivity contribution in [1.29, 1.82) is 0 Å². The van der Waals surface area contributed by atoms with Crippen LogP contribution in [0.15, 0.2) is 0 Å². The van der Waals surface area contributed by atoms with Crippen molar-refractivity contribution in [2.75, 3.05) is 12.3 Å². The van der Waals surface area contributed by atoms with Crippen molar-refractivity contribution in [2.24, 2.45) is 11.7 Å². The SMILES string of the molecule is CC1CCCCC1NS(=O)(=O)CCN. The first-order chi connectivity index (χ1) is 6.55. The van der Waals surface area contributed by atoms with Crippen molar-refractivity contribution < 1.29 is 8.42 Å². The molecular weight excluding hydrogens is 200 g/mol. The lowest BCUT2D eigenvalue weighted by Crippen LogP contribution is -2.43. The van der Waals surface area contributed by atoms with Gasteiger partial charge >= 0.3 is 0 Å². The third kappa shape index (κ3) is 3.55. The summed E-state index contributed by atoms with van der Waals surface area (Å²) in [5, 5.41) is 0. The van der Waals surface area contributed by atoms with Gasteiger partial charge in [0.25, 0.3) is 0 Å². The number of hydrogen-bond donors (Lipinski definition) is 2. The summed E-state index contributed by atoms with van der Waals surface area (Å²) in [5.74, 6) is 0.493. The van der Waals surface area contributed by atoms with Crippen LogP contribution in [0.4, 0.5) is 0 Å². The number of nitrogens with two attached hydrogens (primary N) is 1. The van der Waals surface area contributed by atoms with Crippen LogP contribution in [0.2, 0.25) is 0 Å². The molecule has 14 heavy (non-hydrogen) atoms. The molecular formula is C9H20N2O2S. The van der Waals surface area contributed by atoms with Crippen molar-refractivity contribution in [1.82, 2.24) is 4.72 Å². The van der Waals surface area contributed by atoms with Crippen LogP contribution in [0.25, 0.3) is 0 Å². The van der Waals surface area contributed by atoms with E-state index in [1.807, 2.05) is 0 Å². The first-order valence-corrected chi connectivity index (χ1v) is 6.90. The molecule has 0 radical (unpaired) electrons. The molecule has 0 aromatic heterocycles. The van der Waals surface area contributed by atoms with Gasteiger partial charge in [-0.2, -0.15) is 0 Å². The number of hydrogen-bond acceptors (Lipinski definition) is 3. The van der Waals surface area contributed by atoms with Crippen molar-refractivity contribution >= 4 is 10.0 Å². The predicted molar refractivity (Wildman–Crippen MR) is 57.4 cm³/mol. The molecule has 0 spiro atoms. The van der Waals surface area contributed by atoms with E-state index in [-0.39, 0.29) is 18.3 Å². The van der Waals surface area contributed by atoms with E-state index < -0.39 is 10.0 Å². The number of sulfonamides is 1. The van der Waals surface area contributed by atoms with E-state index in [0.717, 1.165) is 19.3 Å². The molecule has 84 valence electrons. The van der Waals surface area contributed by atoms with E-state index >= 15 is 0 Å². The van der Waals surface area contributed by atoms with E-state index in [1.54, 1.807) is 0 Å². The highest BCUT2D eigenvalue weighted by atomic mass is 32.2. The molecule has 1 aliphatic carbocycles. The van der Waals surface area contributed by atoms with Gasteiger partial charge in [-0.05, 0) is 18.8 Å². The molecule has 0 saturated heterocycles. The third-order valence-corrected chi connectivity index (χ3v) is 4.26. The number of rotatable bonds is 4. The second kappa shape index (κ2) is 5.09. The van der Waals surface area contributed by atoms with E-state index in [4.69, 9.17) is 5.73 Å². The molecule has 2 atom stereocenters. The molecule has 5 heteroatoms. The monoisotopic (exact) mass is 220 g/mol. The van der Waals surface area contributed by atoms with Crippen LogP contribution >= 0.6 is 0 Å². The van der Waals surface area contributed by atoms with Gasteiger partial charge in [0.15, 0.2) is 0 Å². The van der Waals surface area contributed by atoms with Crippen LogP contribution in [0.1, 0.15) is 32.6 Å². The van der Waals surface area contributed by atoms with Gasteiger partial charge in [0, 0.05) is 12.6 Å². The normalized spacial score (nSPS) is 29.0. The summed E-state index contributed by atoms with van der Waals surface area (Å²) in [5.41, 5.74) is 5.24. The molecule has 0 aromatic carbocycles. The van der Waals surface area contributed by atoms with Crippen molar-refractivity contribution in [2.45, 2.75) is 38.6 Å². The van der Waals surface area contributed by atoms with Crippen molar-refractivity contribution in [3.05, 3.63) is 0 Å². The lowest BCUT2D eigenvalue weighted by Gasteiger charge is -2.29. The lowest BCUT2D eigenvalue weighted by atomic mass is 9.87. The molecule has 0 aliphatic heterocycles. The first kappa shape index (κ1) is 11.9. The van der Waals surface area contributed by atoms with E-state index in [2.05, 4.69) is 11.6 Å². The molecule has 0 heterocycles. The highest BCUT2D eigenvalue weighted by Gasteiger charge is 2.25. The van der Waals surface area contributed by atoms with Crippen LogP contribution < -0.4 is 10.5 Å². The minimum Gasteiger partial charge on any atom is -0.329 e. The Hall–Kier alpha value is -0.130. The molecule has 1 saturated carbocycles. The zero-order chi connectivity index (χ0) is 10.6. The van der Waals surface area contributed by atoms with Crippen LogP contribution in [0.5, 0.6) is 0 Å². The Morgan fingerprint density at radius 3 is 2.57 bits per heavy atom. The summed E-state index contributed by atoms with van der Waals surface area (Å²) in [6.07, 6.45) is 4.43. The topological polar surface area (TPSA) is 72.2 Å². The second-order valence-corrected chi connectivity index (χ2v) is 5.97. The number of nitrogens with one attached hydrogen (secondary N) is 1. The zero-order valence-corrected chi connectivity index (χ0v) is 9.52. The quantitative estimate of drug-likeness (QED) is 0.722.